The van der Waals surface area contributed by atoms with Crippen molar-refractivity contribution in [1.82, 2.24) is 4.98 Å². The van der Waals surface area contributed by atoms with Gasteiger partial charge in [-0.15, -0.1) is 0 Å². The molecule has 33 heavy (non-hydrogen) atoms. The van der Waals surface area contributed by atoms with E-state index >= 15 is 0 Å². The van der Waals surface area contributed by atoms with Crippen LogP contribution in [0.2, 0.25) is 0 Å². The van der Waals surface area contributed by atoms with Crippen LogP contribution in [0.25, 0.3) is 0 Å². The molecule has 0 saturated heterocycles. The predicted molar refractivity (Wildman–Crippen MR) is 120 cm³/mol. The van der Waals surface area contributed by atoms with E-state index < -0.39 is 17.6 Å². The lowest BCUT2D eigenvalue weighted by atomic mass is 10.2. The maximum absolute atomic E-state index is 12.8. The molecule has 2 N–H and O–H groups in total. The van der Waals surface area contributed by atoms with Gasteiger partial charge in [-0.2, -0.15) is 13.2 Å². The molecule has 0 fully saturated rings. The number of hydrogen-bond donors (Lipinski definition) is 2. The smallest absolute Gasteiger partial charge is 0.416 e. The molecule has 1 aromatic heterocycles. The second kappa shape index (κ2) is 9.44. The number of benzene rings is 3. The van der Waals surface area contributed by atoms with Crippen molar-refractivity contribution in [3.8, 4) is 11.5 Å². The number of carbonyl (C=O) groups is 1. The van der Waals surface area contributed by atoms with Gasteiger partial charge in [0.2, 0.25) is 0 Å². The van der Waals surface area contributed by atoms with Gasteiger partial charge < -0.3 is 15.4 Å². The highest BCUT2D eigenvalue weighted by Gasteiger charge is 2.30. The van der Waals surface area contributed by atoms with E-state index in [2.05, 4.69) is 15.6 Å². The van der Waals surface area contributed by atoms with Gasteiger partial charge in [-0.25, -0.2) is 4.98 Å². The van der Waals surface area contributed by atoms with Crippen molar-refractivity contribution in [2.45, 2.75) is 6.18 Å². The molecule has 0 radical (unpaired) electrons. The normalized spacial score (nSPS) is 11.0. The third-order valence-corrected chi connectivity index (χ3v) is 4.62. The Balaban J connectivity index is 1.45. The lowest BCUT2D eigenvalue weighted by Gasteiger charge is -2.13. The largest absolute Gasteiger partial charge is 0.457 e. The molecule has 1 heterocycles. The van der Waals surface area contributed by atoms with Crippen LogP contribution in [0.1, 0.15) is 15.9 Å². The fraction of sp³-hybridized carbons (Fsp3) is 0.0400. The molecule has 4 rings (SSSR count). The maximum atomic E-state index is 12.8. The molecule has 5 nitrogen and oxygen atoms in total. The summed E-state index contributed by atoms with van der Waals surface area (Å²) in [7, 11) is 0. The second-order valence-corrected chi connectivity index (χ2v) is 6.99. The number of halogens is 3. The molecular weight excluding hydrogens is 431 g/mol. The lowest BCUT2D eigenvalue weighted by molar-refractivity contribution is -0.137. The van der Waals surface area contributed by atoms with E-state index in [1.54, 1.807) is 36.4 Å². The fourth-order valence-corrected chi connectivity index (χ4v) is 3.00. The van der Waals surface area contributed by atoms with Crippen LogP contribution < -0.4 is 15.4 Å². The van der Waals surface area contributed by atoms with Crippen LogP contribution in [0.15, 0.2) is 97.2 Å². The third-order valence-electron chi connectivity index (χ3n) is 4.62. The van der Waals surface area contributed by atoms with Crippen LogP contribution in [-0.2, 0) is 6.18 Å². The van der Waals surface area contributed by atoms with E-state index in [0.717, 1.165) is 12.1 Å². The zero-order valence-corrected chi connectivity index (χ0v) is 17.1. The number of aromatic nitrogens is 1. The average molecular weight is 449 g/mol. The van der Waals surface area contributed by atoms with E-state index in [9.17, 15) is 18.0 Å². The summed E-state index contributed by atoms with van der Waals surface area (Å²) in [5.41, 5.74) is 0.400. The van der Waals surface area contributed by atoms with Gasteiger partial charge in [-0.3, -0.25) is 4.79 Å². The third kappa shape index (κ3) is 5.68. The minimum atomic E-state index is -4.42. The van der Waals surface area contributed by atoms with Crippen LogP contribution in [0.3, 0.4) is 0 Å². The molecule has 1 amide bonds. The van der Waals surface area contributed by atoms with E-state index in [-0.39, 0.29) is 11.4 Å². The number of amides is 1. The van der Waals surface area contributed by atoms with Crippen molar-refractivity contribution < 1.29 is 22.7 Å². The van der Waals surface area contributed by atoms with Crippen molar-refractivity contribution >= 4 is 23.1 Å². The molecule has 0 aliphatic heterocycles. The van der Waals surface area contributed by atoms with Crippen molar-refractivity contribution in [2.24, 2.45) is 0 Å². The van der Waals surface area contributed by atoms with E-state index in [0.29, 0.717) is 22.9 Å². The van der Waals surface area contributed by atoms with Gasteiger partial charge >= 0.3 is 6.18 Å². The van der Waals surface area contributed by atoms with Crippen LogP contribution in [-0.4, -0.2) is 10.9 Å². The Morgan fingerprint density at radius 3 is 2.06 bits per heavy atom. The summed E-state index contributed by atoms with van der Waals surface area (Å²) in [6.07, 6.45) is -2.94. The molecule has 0 atom stereocenters. The Bertz CT molecular complexity index is 1230. The summed E-state index contributed by atoms with van der Waals surface area (Å²) < 4.78 is 44.0. The lowest BCUT2D eigenvalue weighted by Crippen LogP contribution is -2.14. The van der Waals surface area contributed by atoms with Gasteiger partial charge in [0.25, 0.3) is 5.91 Å². The maximum Gasteiger partial charge on any atom is 0.416 e. The average Bonchev–Trinajstić information content (AvgIpc) is 2.81. The first-order valence-electron chi connectivity index (χ1n) is 9.92. The van der Waals surface area contributed by atoms with Gasteiger partial charge in [0.15, 0.2) is 0 Å². The second-order valence-electron chi connectivity index (χ2n) is 6.99. The minimum absolute atomic E-state index is 0.221. The molecule has 0 spiro atoms. The van der Waals surface area contributed by atoms with Gasteiger partial charge in [0, 0.05) is 17.6 Å². The summed E-state index contributed by atoms with van der Waals surface area (Å²) in [6, 6.07) is 23.8. The molecular formula is C25H18F3N3O2. The Morgan fingerprint density at radius 1 is 0.758 bits per heavy atom. The standard InChI is InChI=1S/C25H18F3N3O2/c26-25(27,28)17-8-10-18(11-9-17)30-23-22(7-4-16-29-23)24(32)31-19-12-14-21(15-13-19)33-20-5-2-1-3-6-20/h1-16H,(H,29,30)(H,31,32). The number of carbonyl (C=O) groups excluding carboxylic acids is 1. The number of nitrogens with one attached hydrogen (secondary N) is 2. The van der Waals surface area contributed by atoms with E-state index in [4.69, 9.17) is 4.74 Å². The highest BCUT2D eigenvalue weighted by molar-refractivity contribution is 6.07. The van der Waals surface area contributed by atoms with E-state index in [1.807, 2.05) is 30.3 Å². The molecule has 8 heteroatoms. The Morgan fingerprint density at radius 2 is 1.39 bits per heavy atom. The summed E-state index contributed by atoms with van der Waals surface area (Å²) in [4.78, 5) is 17.0. The molecule has 0 aliphatic rings. The number of pyridine rings is 1. The summed E-state index contributed by atoms with van der Waals surface area (Å²) in [5.74, 6) is 1.11. The van der Waals surface area contributed by atoms with Crippen LogP contribution in [0.4, 0.5) is 30.4 Å². The first kappa shape index (κ1) is 21.9. The summed E-state index contributed by atoms with van der Waals surface area (Å²) in [6.45, 7) is 0. The van der Waals surface area contributed by atoms with Crippen molar-refractivity contribution in [2.75, 3.05) is 10.6 Å². The molecule has 4 aromatic rings. The summed E-state index contributed by atoms with van der Waals surface area (Å²) >= 11 is 0. The molecule has 3 aromatic carbocycles. The van der Waals surface area contributed by atoms with Crippen LogP contribution in [0.5, 0.6) is 11.5 Å². The van der Waals surface area contributed by atoms with E-state index in [1.165, 1.54) is 18.3 Å². The summed E-state index contributed by atoms with van der Waals surface area (Å²) in [5, 5.41) is 5.68. The van der Waals surface area contributed by atoms with Crippen LogP contribution >= 0.6 is 0 Å². The number of anilines is 3. The number of ether oxygens (including phenoxy) is 1. The number of nitrogens with zero attached hydrogens (tertiary/aromatic N) is 1. The van der Waals surface area contributed by atoms with Gasteiger partial charge in [-0.05, 0) is 72.8 Å². The zero-order chi connectivity index (χ0) is 23.3. The first-order valence-corrected chi connectivity index (χ1v) is 9.92. The highest BCUT2D eigenvalue weighted by atomic mass is 19.4. The van der Waals surface area contributed by atoms with Gasteiger partial charge in [-0.1, -0.05) is 18.2 Å². The van der Waals surface area contributed by atoms with Crippen molar-refractivity contribution in [1.29, 1.82) is 0 Å². The first-order chi connectivity index (χ1) is 15.9. The SMILES string of the molecule is O=C(Nc1ccc(Oc2ccccc2)cc1)c1cccnc1Nc1ccc(C(F)(F)F)cc1. The van der Waals surface area contributed by atoms with Crippen molar-refractivity contribution in [3.05, 3.63) is 108 Å². The zero-order valence-electron chi connectivity index (χ0n) is 17.1. The highest BCUT2D eigenvalue weighted by Crippen LogP contribution is 2.30. The molecule has 0 unspecified atom stereocenters. The Hall–Kier alpha value is -4.33. The minimum Gasteiger partial charge on any atom is -0.457 e. The monoisotopic (exact) mass is 449 g/mol. The number of alkyl halides is 3. The number of hydrogen-bond acceptors (Lipinski definition) is 4. The quantitative estimate of drug-likeness (QED) is 0.337. The Kier molecular flexibility index (Phi) is 6.26. The molecule has 166 valence electrons. The predicted octanol–water partition coefficient (Wildman–Crippen LogP) is 6.89. The van der Waals surface area contributed by atoms with Gasteiger partial charge in [0.05, 0.1) is 11.1 Å². The number of para-hydroxylation sites is 1. The molecule has 0 saturated carbocycles. The molecule has 0 aliphatic carbocycles. The van der Waals surface area contributed by atoms with Crippen molar-refractivity contribution in [3.63, 3.8) is 0 Å². The number of rotatable bonds is 6. The molecule has 0 bridgehead atoms. The Labute approximate surface area is 187 Å². The van der Waals surface area contributed by atoms with Crippen LogP contribution in [0, 0.1) is 0 Å². The van der Waals surface area contributed by atoms with Gasteiger partial charge in [0.1, 0.15) is 17.3 Å². The topological polar surface area (TPSA) is 63.2 Å². The fourth-order valence-electron chi connectivity index (χ4n) is 3.00.